The third-order valence-corrected chi connectivity index (χ3v) is 2.62. The first-order chi connectivity index (χ1) is 8.22. The van der Waals surface area contributed by atoms with E-state index < -0.39 is 0 Å². The maximum absolute atomic E-state index is 11.3. The van der Waals surface area contributed by atoms with E-state index in [1.807, 2.05) is 25.1 Å². The summed E-state index contributed by atoms with van der Waals surface area (Å²) in [5.74, 6) is 0.0987. The van der Waals surface area contributed by atoms with E-state index in [1.54, 1.807) is 0 Å². The molecule has 0 aliphatic heterocycles. The molecule has 0 aliphatic carbocycles. The van der Waals surface area contributed by atoms with Crippen molar-refractivity contribution in [2.45, 2.75) is 26.3 Å². The van der Waals surface area contributed by atoms with Crippen LogP contribution in [0, 0.1) is 0 Å². The van der Waals surface area contributed by atoms with Gasteiger partial charge in [-0.05, 0) is 34.5 Å². The molecule has 0 saturated carbocycles. The summed E-state index contributed by atoms with van der Waals surface area (Å²) in [5, 5.41) is 6.03. The molecule has 0 saturated heterocycles. The van der Waals surface area contributed by atoms with Crippen molar-refractivity contribution in [1.29, 1.82) is 0 Å². The second kappa shape index (κ2) is 8.20. The number of nitrogens with zero attached hydrogens (tertiary/aromatic N) is 1. The van der Waals surface area contributed by atoms with Crippen molar-refractivity contribution in [3.05, 3.63) is 28.5 Å². The summed E-state index contributed by atoms with van der Waals surface area (Å²) in [6.07, 6.45) is 1.48. The first-order valence-electron chi connectivity index (χ1n) is 5.81. The molecule has 0 atom stereocenters. The zero-order valence-electron chi connectivity index (χ0n) is 10.0. The van der Waals surface area contributed by atoms with Crippen LogP contribution in [0.3, 0.4) is 0 Å². The van der Waals surface area contributed by atoms with Crippen molar-refractivity contribution in [3.8, 4) is 0 Å². The van der Waals surface area contributed by atoms with E-state index in [0.29, 0.717) is 19.5 Å². The van der Waals surface area contributed by atoms with Gasteiger partial charge in [0.05, 0.1) is 5.69 Å². The Balaban J connectivity index is 2.14. The first-order valence-corrected chi connectivity index (χ1v) is 6.60. The molecule has 1 amide bonds. The predicted molar refractivity (Wildman–Crippen MR) is 71.6 cm³/mol. The van der Waals surface area contributed by atoms with Crippen molar-refractivity contribution in [2.75, 3.05) is 13.1 Å². The van der Waals surface area contributed by atoms with E-state index in [2.05, 4.69) is 31.5 Å². The smallest absolute Gasteiger partial charge is 0.221 e. The van der Waals surface area contributed by atoms with Gasteiger partial charge in [0.1, 0.15) is 4.60 Å². The summed E-state index contributed by atoms with van der Waals surface area (Å²) in [6, 6.07) is 5.79. The number of nitrogens with one attached hydrogen (secondary N) is 2. The summed E-state index contributed by atoms with van der Waals surface area (Å²) >= 11 is 3.32. The third-order valence-electron chi connectivity index (χ3n) is 2.18. The normalized spacial score (nSPS) is 10.2. The second-order valence-corrected chi connectivity index (χ2v) is 4.54. The zero-order valence-corrected chi connectivity index (χ0v) is 11.6. The van der Waals surface area contributed by atoms with E-state index in [-0.39, 0.29) is 5.91 Å². The second-order valence-electron chi connectivity index (χ2n) is 3.73. The number of carbonyl (C=O) groups excluding carboxylic acids is 1. The zero-order chi connectivity index (χ0) is 12.5. The van der Waals surface area contributed by atoms with Crippen LogP contribution in [0.4, 0.5) is 0 Å². The van der Waals surface area contributed by atoms with Crippen molar-refractivity contribution < 1.29 is 4.79 Å². The highest BCUT2D eigenvalue weighted by Gasteiger charge is 2.00. The molecule has 94 valence electrons. The molecule has 17 heavy (non-hydrogen) atoms. The minimum Gasteiger partial charge on any atom is -0.356 e. The summed E-state index contributed by atoms with van der Waals surface area (Å²) in [4.78, 5) is 15.6. The van der Waals surface area contributed by atoms with Crippen LogP contribution in [-0.4, -0.2) is 24.0 Å². The monoisotopic (exact) mass is 299 g/mol. The number of halogens is 1. The van der Waals surface area contributed by atoms with Gasteiger partial charge in [-0.25, -0.2) is 4.98 Å². The average Bonchev–Trinajstić information content (AvgIpc) is 2.32. The average molecular weight is 300 g/mol. The lowest BCUT2D eigenvalue weighted by atomic mass is 10.3. The fourth-order valence-corrected chi connectivity index (χ4v) is 1.70. The predicted octanol–water partition coefficient (Wildman–Crippen LogP) is 1.85. The SMILES string of the molecule is CCCNC(=O)CCNCc1cccc(Br)n1. The minimum absolute atomic E-state index is 0.0987. The van der Waals surface area contributed by atoms with Crippen LogP contribution in [0.2, 0.25) is 0 Å². The Morgan fingerprint density at radius 3 is 2.94 bits per heavy atom. The van der Waals surface area contributed by atoms with Gasteiger partial charge in [-0.15, -0.1) is 0 Å². The Bertz CT molecular complexity index is 357. The highest BCUT2D eigenvalue weighted by molar-refractivity contribution is 9.10. The Hall–Kier alpha value is -0.940. The largest absolute Gasteiger partial charge is 0.356 e. The lowest BCUT2D eigenvalue weighted by molar-refractivity contribution is -0.120. The van der Waals surface area contributed by atoms with E-state index >= 15 is 0 Å². The van der Waals surface area contributed by atoms with E-state index in [0.717, 1.165) is 23.3 Å². The maximum Gasteiger partial charge on any atom is 0.221 e. The lowest BCUT2D eigenvalue weighted by Crippen LogP contribution is -2.28. The number of amides is 1. The van der Waals surface area contributed by atoms with Crippen LogP contribution in [0.25, 0.3) is 0 Å². The molecule has 0 radical (unpaired) electrons. The van der Waals surface area contributed by atoms with Crippen molar-refractivity contribution >= 4 is 21.8 Å². The molecule has 1 rings (SSSR count). The summed E-state index contributed by atoms with van der Waals surface area (Å²) in [5.41, 5.74) is 0.966. The Morgan fingerprint density at radius 2 is 2.24 bits per heavy atom. The molecule has 0 spiro atoms. The van der Waals surface area contributed by atoms with Crippen LogP contribution in [0.5, 0.6) is 0 Å². The highest BCUT2D eigenvalue weighted by atomic mass is 79.9. The molecule has 0 aliphatic rings. The number of aromatic nitrogens is 1. The van der Waals surface area contributed by atoms with Gasteiger partial charge in [0.2, 0.25) is 5.91 Å². The lowest BCUT2D eigenvalue weighted by Gasteiger charge is -2.05. The molecule has 1 heterocycles. The van der Waals surface area contributed by atoms with E-state index in [1.165, 1.54) is 0 Å². The first kappa shape index (κ1) is 14.1. The summed E-state index contributed by atoms with van der Waals surface area (Å²) in [6.45, 7) is 4.15. The maximum atomic E-state index is 11.3. The fraction of sp³-hybridized carbons (Fsp3) is 0.500. The van der Waals surface area contributed by atoms with Gasteiger partial charge in [0.15, 0.2) is 0 Å². The van der Waals surface area contributed by atoms with Gasteiger partial charge >= 0.3 is 0 Å². The van der Waals surface area contributed by atoms with Gasteiger partial charge in [-0.3, -0.25) is 4.79 Å². The molecule has 0 aromatic carbocycles. The van der Waals surface area contributed by atoms with Crippen molar-refractivity contribution in [1.82, 2.24) is 15.6 Å². The molecular weight excluding hydrogens is 282 g/mol. The van der Waals surface area contributed by atoms with Crippen LogP contribution in [0.1, 0.15) is 25.5 Å². The summed E-state index contributed by atoms with van der Waals surface area (Å²) in [7, 11) is 0. The molecule has 4 nitrogen and oxygen atoms in total. The number of carbonyl (C=O) groups is 1. The van der Waals surface area contributed by atoms with Gasteiger partial charge in [0, 0.05) is 26.1 Å². The summed E-state index contributed by atoms with van der Waals surface area (Å²) < 4.78 is 0.831. The Kier molecular flexibility index (Phi) is 6.81. The topological polar surface area (TPSA) is 54.0 Å². The number of hydrogen-bond donors (Lipinski definition) is 2. The molecule has 5 heteroatoms. The molecule has 2 N–H and O–H groups in total. The molecule has 1 aromatic rings. The third kappa shape index (κ3) is 6.38. The molecule has 0 fully saturated rings. The number of pyridine rings is 1. The van der Waals surface area contributed by atoms with Gasteiger partial charge in [-0.2, -0.15) is 0 Å². The van der Waals surface area contributed by atoms with Crippen LogP contribution in [0.15, 0.2) is 22.8 Å². The molecule has 1 aromatic heterocycles. The van der Waals surface area contributed by atoms with Crippen LogP contribution < -0.4 is 10.6 Å². The molecule has 0 bridgehead atoms. The minimum atomic E-state index is 0.0987. The standard InChI is InChI=1S/C12H18BrN3O/c1-2-7-15-12(17)6-8-14-9-10-4-3-5-11(13)16-10/h3-5,14H,2,6-9H2,1H3,(H,15,17). The van der Waals surface area contributed by atoms with Gasteiger partial charge < -0.3 is 10.6 Å². The Labute approximate surface area is 110 Å². The molecule has 0 unspecified atom stereocenters. The van der Waals surface area contributed by atoms with Crippen molar-refractivity contribution in [3.63, 3.8) is 0 Å². The Morgan fingerprint density at radius 1 is 1.41 bits per heavy atom. The highest BCUT2D eigenvalue weighted by Crippen LogP contribution is 2.05. The quantitative estimate of drug-likeness (QED) is 0.597. The molecular formula is C12H18BrN3O. The van der Waals surface area contributed by atoms with Gasteiger partial charge in [0.25, 0.3) is 0 Å². The van der Waals surface area contributed by atoms with Crippen LogP contribution >= 0.6 is 15.9 Å². The van der Waals surface area contributed by atoms with Crippen LogP contribution in [-0.2, 0) is 11.3 Å². The number of rotatable bonds is 7. The van der Waals surface area contributed by atoms with Crippen molar-refractivity contribution in [2.24, 2.45) is 0 Å². The van der Waals surface area contributed by atoms with Gasteiger partial charge in [-0.1, -0.05) is 13.0 Å². The van der Waals surface area contributed by atoms with E-state index in [9.17, 15) is 4.79 Å². The van der Waals surface area contributed by atoms with E-state index in [4.69, 9.17) is 0 Å². The fourth-order valence-electron chi connectivity index (χ4n) is 1.32. The number of hydrogen-bond acceptors (Lipinski definition) is 3.